The van der Waals surface area contributed by atoms with Crippen molar-refractivity contribution in [2.75, 3.05) is 0 Å². The van der Waals surface area contributed by atoms with Gasteiger partial charge in [-0.25, -0.2) is 0 Å². The van der Waals surface area contributed by atoms with E-state index >= 15 is 0 Å². The van der Waals surface area contributed by atoms with Gasteiger partial charge in [-0.15, -0.1) is 0 Å². The first-order valence-electron chi connectivity index (χ1n) is 9.96. The summed E-state index contributed by atoms with van der Waals surface area (Å²) in [5.74, 6) is 3.60. The number of rotatable bonds is 1. The molecule has 2 nitrogen and oxygen atoms in total. The van der Waals surface area contributed by atoms with Gasteiger partial charge in [0.25, 0.3) is 0 Å². The monoisotopic (exact) mass is 316 g/mol. The number of fused-ring (bicyclic) bond motifs is 5. The molecule has 4 aliphatic carbocycles. The number of carbonyl (C=O) groups excluding carboxylic acids is 2. The van der Waals surface area contributed by atoms with E-state index in [9.17, 15) is 9.59 Å². The first-order chi connectivity index (χ1) is 10.9. The summed E-state index contributed by atoms with van der Waals surface area (Å²) in [5.41, 5.74) is 0.660. The van der Waals surface area contributed by atoms with Gasteiger partial charge >= 0.3 is 0 Å². The SMILES string of the molecule is CC[C@H]1CC[C@H]2[C@@H]3CC[C@H]4CC(=O)C(=O)C[C@]4(C)[C@H]3CC[C@]12C. The van der Waals surface area contributed by atoms with Crippen molar-refractivity contribution in [1.82, 2.24) is 0 Å². The fourth-order valence-electron chi connectivity index (χ4n) is 7.71. The van der Waals surface area contributed by atoms with Gasteiger partial charge in [0.15, 0.2) is 11.6 Å². The molecule has 4 aliphatic rings. The minimum absolute atomic E-state index is 0.0735. The number of ketones is 2. The Bertz CT molecular complexity index is 538. The van der Waals surface area contributed by atoms with Crippen LogP contribution in [0.4, 0.5) is 0 Å². The van der Waals surface area contributed by atoms with E-state index in [1.165, 1.54) is 44.9 Å². The Morgan fingerprint density at radius 2 is 1.65 bits per heavy atom. The van der Waals surface area contributed by atoms with Crippen LogP contribution in [0.1, 0.15) is 78.6 Å². The zero-order valence-electron chi connectivity index (χ0n) is 15.1. The van der Waals surface area contributed by atoms with E-state index < -0.39 is 0 Å². The molecule has 23 heavy (non-hydrogen) atoms. The second-order valence-electron chi connectivity index (χ2n) is 9.61. The third-order valence-corrected chi connectivity index (χ3v) is 9.04. The predicted molar refractivity (Wildman–Crippen MR) is 90.9 cm³/mol. The summed E-state index contributed by atoms with van der Waals surface area (Å²) < 4.78 is 0. The van der Waals surface area contributed by atoms with Crippen molar-refractivity contribution in [2.45, 2.75) is 78.6 Å². The first kappa shape index (κ1) is 15.8. The minimum atomic E-state index is -0.0847. The Hall–Kier alpha value is -0.660. The fourth-order valence-corrected chi connectivity index (χ4v) is 7.71. The zero-order valence-corrected chi connectivity index (χ0v) is 15.1. The molecule has 0 heterocycles. The van der Waals surface area contributed by atoms with Gasteiger partial charge in [0, 0.05) is 12.8 Å². The highest BCUT2D eigenvalue weighted by molar-refractivity contribution is 6.38. The molecule has 7 atom stereocenters. The van der Waals surface area contributed by atoms with Crippen LogP contribution in [0.25, 0.3) is 0 Å². The summed E-state index contributed by atoms with van der Waals surface area (Å²) in [5, 5.41) is 0. The number of carbonyl (C=O) groups is 2. The van der Waals surface area contributed by atoms with Crippen molar-refractivity contribution in [3.63, 3.8) is 0 Å². The third kappa shape index (κ3) is 2.05. The molecule has 0 amide bonds. The molecule has 0 bridgehead atoms. The molecule has 0 radical (unpaired) electrons. The summed E-state index contributed by atoms with van der Waals surface area (Å²) in [6, 6.07) is 0. The molecular formula is C21H32O2. The Morgan fingerprint density at radius 1 is 0.913 bits per heavy atom. The molecule has 4 saturated carbocycles. The lowest BCUT2D eigenvalue weighted by Crippen LogP contribution is -2.55. The summed E-state index contributed by atoms with van der Waals surface area (Å²) in [6.07, 6.45) is 10.4. The van der Waals surface area contributed by atoms with Crippen molar-refractivity contribution in [1.29, 1.82) is 0 Å². The maximum absolute atomic E-state index is 12.2. The topological polar surface area (TPSA) is 34.1 Å². The average molecular weight is 316 g/mol. The van der Waals surface area contributed by atoms with Crippen LogP contribution >= 0.6 is 0 Å². The Labute approximate surface area is 140 Å². The van der Waals surface area contributed by atoms with Gasteiger partial charge in [-0.3, -0.25) is 9.59 Å². The van der Waals surface area contributed by atoms with Gasteiger partial charge in [-0.05, 0) is 78.9 Å². The summed E-state index contributed by atoms with van der Waals surface area (Å²) in [4.78, 5) is 24.1. The smallest absolute Gasteiger partial charge is 0.198 e. The molecule has 0 aromatic rings. The van der Waals surface area contributed by atoms with Crippen molar-refractivity contribution in [3.8, 4) is 0 Å². The van der Waals surface area contributed by atoms with E-state index in [1.807, 2.05) is 0 Å². The lowest BCUT2D eigenvalue weighted by molar-refractivity contribution is -0.154. The van der Waals surface area contributed by atoms with Gasteiger partial charge in [0.05, 0.1) is 0 Å². The number of hydrogen-bond acceptors (Lipinski definition) is 2. The van der Waals surface area contributed by atoms with Crippen molar-refractivity contribution < 1.29 is 9.59 Å². The van der Waals surface area contributed by atoms with Crippen LogP contribution in [0, 0.1) is 40.4 Å². The molecule has 4 rings (SSSR count). The van der Waals surface area contributed by atoms with Gasteiger partial charge < -0.3 is 0 Å². The Kier molecular flexibility index (Phi) is 3.56. The van der Waals surface area contributed by atoms with Crippen LogP contribution in [0.15, 0.2) is 0 Å². The van der Waals surface area contributed by atoms with Gasteiger partial charge in [-0.1, -0.05) is 27.2 Å². The zero-order chi connectivity index (χ0) is 16.4. The third-order valence-electron chi connectivity index (χ3n) is 9.04. The van der Waals surface area contributed by atoms with Crippen LogP contribution in [0.2, 0.25) is 0 Å². The molecular weight excluding hydrogens is 284 g/mol. The average Bonchev–Trinajstić information content (AvgIpc) is 2.85. The first-order valence-corrected chi connectivity index (χ1v) is 9.96. The molecule has 0 aromatic heterocycles. The molecule has 2 heteroatoms. The van der Waals surface area contributed by atoms with Crippen molar-refractivity contribution in [2.24, 2.45) is 40.4 Å². The van der Waals surface area contributed by atoms with Crippen LogP contribution in [0.5, 0.6) is 0 Å². The summed E-state index contributed by atoms with van der Waals surface area (Å²) >= 11 is 0. The second-order valence-corrected chi connectivity index (χ2v) is 9.61. The highest BCUT2D eigenvalue weighted by Gasteiger charge is 2.60. The van der Waals surface area contributed by atoms with Crippen LogP contribution in [0.3, 0.4) is 0 Å². The predicted octanol–water partition coefficient (Wildman–Crippen LogP) is 4.80. The lowest BCUT2D eigenvalue weighted by atomic mass is 9.44. The maximum atomic E-state index is 12.2. The molecule has 0 unspecified atom stereocenters. The highest BCUT2D eigenvalue weighted by atomic mass is 16.2. The van der Waals surface area contributed by atoms with E-state index in [-0.39, 0.29) is 17.0 Å². The van der Waals surface area contributed by atoms with E-state index in [0.29, 0.717) is 30.1 Å². The Balaban J connectivity index is 1.64. The van der Waals surface area contributed by atoms with Crippen molar-refractivity contribution in [3.05, 3.63) is 0 Å². The largest absolute Gasteiger partial charge is 0.291 e. The van der Waals surface area contributed by atoms with Crippen LogP contribution in [-0.2, 0) is 9.59 Å². The minimum Gasteiger partial charge on any atom is -0.291 e. The van der Waals surface area contributed by atoms with Crippen molar-refractivity contribution >= 4 is 11.6 Å². The molecule has 0 N–H and O–H groups in total. The quantitative estimate of drug-likeness (QED) is 0.651. The van der Waals surface area contributed by atoms with Crippen LogP contribution < -0.4 is 0 Å². The van der Waals surface area contributed by atoms with Gasteiger partial charge in [0.2, 0.25) is 0 Å². The molecule has 0 aromatic carbocycles. The Morgan fingerprint density at radius 3 is 2.39 bits per heavy atom. The second kappa shape index (κ2) is 5.17. The summed E-state index contributed by atoms with van der Waals surface area (Å²) in [7, 11) is 0. The summed E-state index contributed by atoms with van der Waals surface area (Å²) in [6.45, 7) is 7.29. The molecule has 0 saturated heterocycles. The van der Waals surface area contributed by atoms with Gasteiger partial charge in [-0.2, -0.15) is 0 Å². The van der Waals surface area contributed by atoms with E-state index in [4.69, 9.17) is 0 Å². The fraction of sp³-hybridized carbons (Fsp3) is 0.905. The standard InChI is InChI=1S/C21H32O2/c1-4-13-6-8-16-15-7-5-14-11-18(22)19(23)12-21(14,3)17(15)9-10-20(13,16)2/h13-17H,4-12H2,1-3H3/t13-,14-,15-,16-,17-,20+,21-/m0/s1. The van der Waals surface area contributed by atoms with Crippen LogP contribution in [-0.4, -0.2) is 11.6 Å². The molecule has 0 spiro atoms. The number of hydrogen-bond donors (Lipinski definition) is 0. The molecule has 4 fully saturated rings. The molecule has 0 aliphatic heterocycles. The van der Waals surface area contributed by atoms with E-state index in [1.54, 1.807) is 0 Å². The van der Waals surface area contributed by atoms with Gasteiger partial charge in [0.1, 0.15) is 0 Å². The number of Topliss-reactive ketones (excluding diaryl/α,β-unsaturated/α-hetero) is 2. The van der Waals surface area contributed by atoms with E-state index in [0.717, 1.165) is 17.8 Å². The maximum Gasteiger partial charge on any atom is 0.198 e. The van der Waals surface area contributed by atoms with E-state index in [2.05, 4.69) is 20.8 Å². The molecule has 128 valence electrons. The highest BCUT2D eigenvalue weighted by Crippen LogP contribution is 2.67. The lowest BCUT2D eigenvalue weighted by Gasteiger charge is -2.60. The normalized spacial score (nSPS) is 52.7.